The van der Waals surface area contributed by atoms with Gasteiger partial charge in [0, 0.05) is 40.8 Å². The van der Waals surface area contributed by atoms with Gasteiger partial charge < -0.3 is 9.22 Å². The first-order chi connectivity index (χ1) is 21.9. The molecule has 3 heterocycles. The normalized spacial score (nSPS) is 18.6. The van der Waals surface area contributed by atoms with Crippen molar-refractivity contribution in [3.63, 3.8) is 0 Å². The number of amides is 2. The first-order valence-electron chi connectivity index (χ1n) is 17.3. The molecule has 8 nitrogen and oxygen atoms in total. The maximum absolute atomic E-state index is 13.5. The maximum atomic E-state index is 13.5. The molecule has 2 atom stereocenters. The highest BCUT2D eigenvalue weighted by molar-refractivity contribution is 6.25. The highest BCUT2D eigenvalue weighted by atomic mass is 16.5. The number of cyclic esters (lactones) is 1. The van der Waals surface area contributed by atoms with Crippen molar-refractivity contribution in [2.75, 3.05) is 40.3 Å². The average Bonchev–Trinajstić information content (AvgIpc) is 3.54. The topological polar surface area (TPSA) is 72.5 Å². The molecule has 0 aliphatic carbocycles. The molecule has 1 saturated heterocycles. The minimum absolute atomic E-state index is 0.0325. The number of quaternary nitrogens is 1. The molecular weight excluding hydrogens is 576 g/mol. The Bertz CT molecular complexity index is 1520. The van der Waals surface area contributed by atoms with E-state index in [0.29, 0.717) is 24.3 Å². The van der Waals surface area contributed by atoms with E-state index in [1.807, 2.05) is 36.4 Å². The van der Waals surface area contributed by atoms with Crippen LogP contribution in [0.25, 0.3) is 10.8 Å². The van der Waals surface area contributed by atoms with Crippen LogP contribution in [0.3, 0.4) is 0 Å². The molecule has 1 fully saturated rings. The molecule has 2 aromatic carbocycles. The lowest BCUT2D eigenvalue weighted by Crippen LogP contribution is -2.52. The second kappa shape index (κ2) is 14.1. The Hall–Kier alpha value is -3.52. The minimum atomic E-state index is -0.218. The van der Waals surface area contributed by atoms with Crippen molar-refractivity contribution >= 4 is 28.6 Å². The summed E-state index contributed by atoms with van der Waals surface area (Å²) in [6.45, 7) is 10.4. The third-order valence-electron chi connectivity index (χ3n) is 10.0. The molecule has 248 valence electrons. The fourth-order valence-electron chi connectivity index (χ4n) is 7.99. The van der Waals surface area contributed by atoms with Crippen LogP contribution < -0.4 is 4.57 Å². The van der Waals surface area contributed by atoms with E-state index >= 15 is 0 Å². The molecule has 0 N–H and O–H groups in total. The maximum Gasteiger partial charge on any atom is 0.309 e. The molecule has 2 aliphatic rings. The molecule has 5 rings (SSSR count). The number of nitrogens with zero attached hydrogens (tertiary/aromatic N) is 4. The van der Waals surface area contributed by atoms with Gasteiger partial charge in [-0.25, -0.2) is 9.13 Å². The van der Waals surface area contributed by atoms with Crippen molar-refractivity contribution in [1.29, 1.82) is 0 Å². The van der Waals surface area contributed by atoms with Gasteiger partial charge in [0.2, 0.25) is 6.33 Å². The van der Waals surface area contributed by atoms with Gasteiger partial charge in [-0.1, -0.05) is 57.9 Å². The fourth-order valence-corrected chi connectivity index (χ4v) is 7.99. The number of carbonyl (C=O) groups excluding carboxylic acids is 3. The van der Waals surface area contributed by atoms with E-state index in [2.05, 4.69) is 63.6 Å². The molecule has 46 heavy (non-hydrogen) atoms. The first kappa shape index (κ1) is 33.8. The molecule has 8 heteroatoms. The number of unbranched alkanes of at least 4 members (excludes halogenated alkanes) is 5. The number of aromatic nitrogens is 2. The van der Waals surface area contributed by atoms with Crippen molar-refractivity contribution in [1.82, 2.24) is 9.47 Å². The van der Waals surface area contributed by atoms with Crippen molar-refractivity contribution in [2.45, 2.75) is 78.7 Å². The molecule has 0 unspecified atom stereocenters. The number of hydrogen-bond acceptors (Lipinski definition) is 4. The molecule has 1 aromatic heterocycles. The molecule has 0 radical (unpaired) electrons. The number of ether oxygens (including phenoxy) is 1. The van der Waals surface area contributed by atoms with Crippen molar-refractivity contribution < 1.29 is 28.2 Å². The molecule has 3 aromatic rings. The van der Waals surface area contributed by atoms with Crippen LogP contribution in [0.1, 0.15) is 92.1 Å². The van der Waals surface area contributed by atoms with Crippen molar-refractivity contribution in [2.24, 2.45) is 24.3 Å². The van der Waals surface area contributed by atoms with E-state index in [4.69, 9.17) is 4.74 Å². The summed E-state index contributed by atoms with van der Waals surface area (Å²) in [5, 5.41) is 1.72. The van der Waals surface area contributed by atoms with Gasteiger partial charge >= 0.3 is 5.97 Å². The average molecular weight is 631 g/mol. The Labute approximate surface area is 274 Å². The summed E-state index contributed by atoms with van der Waals surface area (Å²) in [5.74, 6) is -0.0767. The second-order valence-electron chi connectivity index (χ2n) is 15.2. The number of esters is 1. The van der Waals surface area contributed by atoms with E-state index < -0.39 is 0 Å². The quantitative estimate of drug-likeness (QED) is 0.0645. The molecular formula is C38H54N4O4+2. The molecule has 0 spiro atoms. The predicted molar refractivity (Wildman–Crippen MR) is 180 cm³/mol. The summed E-state index contributed by atoms with van der Waals surface area (Å²) < 4.78 is 10.7. The zero-order valence-corrected chi connectivity index (χ0v) is 28.9. The number of carbonyl (C=O) groups is 3. The van der Waals surface area contributed by atoms with Gasteiger partial charge in [-0.2, -0.15) is 0 Å². The second-order valence-corrected chi connectivity index (χ2v) is 15.2. The van der Waals surface area contributed by atoms with Gasteiger partial charge in [0.05, 0.1) is 53.3 Å². The van der Waals surface area contributed by atoms with Crippen LogP contribution in [0.4, 0.5) is 0 Å². The Balaban J connectivity index is 1.01. The first-order valence-corrected chi connectivity index (χ1v) is 17.3. The number of aryl methyl sites for hydroxylation is 2. The van der Waals surface area contributed by atoms with Crippen LogP contribution in [0.5, 0.6) is 0 Å². The third kappa shape index (κ3) is 7.71. The van der Waals surface area contributed by atoms with Crippen LogP contribution in [0, 0.1) is 17.3 Å². The SMILES string of the molecule is CC[C@H]1C(=O)OC[C@@H]1Cc1c[n+](CCCCCCCC[N+](C)(C)CC(C)(C)CN2C(=O)c3cccc4cccc(c34)C2=O)cn1C. The van der Waals surface area contributed by atoms with Crippen LogP contribution in [0.2, 0.25) is 0 Å². The van der Waals surface area contributed by atoms with Gasteiger partial charge in [-0.15, -0.1) is 0 Å². The monoisotopic (exact) mass is 630 g/mol. The Morgan fingerprint density at radius 3 is 2.22 bits per heavy atom. The van der Waals surface area contributed by atoms with Gasteiger partial charge in [-0.05, 0) is 49.6 Å². The van der Waals surface area contributed by atoms with E-state index in [1.54, 1.807) is 0 Å². The highest BCUT2D eigenvalue weighted by Crippen LogP contribution is 2.33. The van der Waals surface area contributed by atoms with E-state index in [0.717, 1.165) is 47.7 Å². The van der Waals surface area contributed by atoms with Crippen LogP contribution >= 0.6 is 0 Å². The lowest BCUT2D eigenvalue weighted by molar-refractivity contribution is -0.896. The van der Waals surface area contributed by atoms with E-state index in [9.17, 15) is 14.4 Å². The zero-order chi connectivity index (χ0) is 33.1. The number of imide groups is 1. The minimum Gasteiger partial charge on any atom is -0.465 e. The third-order valence-corrected chi connectivity index (χ3v) is 10.0. The standard InChI is InChI=1S/C38H54N4O4/c1-7-31-29(24-46-37(31)45)22-30-23-40(27-39(30)4)20-12-10-8-9-11-13-21-42(5,6)26-38(2,3)25-41-35(43)32-18-14-16-28-17-15-19-33(34(28)32)36(41)44/h14-19,23,27,29,31H,7-13,20-22,24-26H2,1-6H3/q+2/t29-,31+/m0/s1. The van der Waals surface area contributed by atoms with Crippen molar-refractivity contribution in [3.8, 4) is 0 Å². The van der Waals surface area contributed by atoms with Gasteiger partial charge in [-0.3, -0.25) is 19.3 Å². The Morgan fingerprint density at radius 1 is 0.935 bits per heavy atom. The van der Waals surface area contributed by atoms with E-state index in [1.165, 1.54) is 49.1 Å². The Kier molecular flexibility index (Phi) is 10.4. The summed E-state index contributed by atoms with van der Waals surface area (Å²) in [7, 11) is 6.63. The molecule has 0 saturated carbocycles. The fraction of sp³-hybridized carbons (Fsp3) is 0.579. The number of imidazole rings is 1. The predicted octanol–water partition coefficient (Wildman–Crippen LogP) is 5.95. The summed E-state index contributed by atoms with van der Waals surface area (Å²) in [4.78, 5) is 40.3. The van der Waals surface area contributed by atoms with Crippen LogP contribution in [-0.4, -0.2) is 72.1 Å². The summed E-state index contributed by atoms with van der Waals surface area (Å²) >= 11 is 0. The number of rotatable bonds is 16. The van der Waals surface area contributed by atoms with Gasteiger partial charge in [0.25, 0.3) is 11.8 Å². The highest BCUT2D eigenvalue weighted by Gasteiger charge is 2.39. The van der Waals surface area contributed by atoms with Gasteiger partial charge in [0.15, 0.2) is 0 Å². The summed E-state index contributed by atoms with van der Waals surface area (Å²) in [6, 6.07) is 11.4. The molecule has 2 amide bonds. The lowest BCUT2D eigenvalue weighted by atomic mass is 9.88. The Morgan fingerprint density at radius 2 is 1.57 bits per heavy atom. The van der Waals surface area contributed by atoms with Gasteiger partial charge in [0.1, 0.15) is 11.9 Å². The summed E-state index contributed by atoms with van der Waals surface area (Å²) in [5.41, 5.74) is 2.30. The smallest absolute Gasteiger partial charge is 0.309 e. The zero-order valence-electron chi connectivity index (χ0n) is 28.9. The van der Waals surface area contributed by atoms with Crippen molar-refractivity contribution in [3.05, 3.63) is 65.7 Å². The lowest BCUT2D eigenvalue weighted by Gasteiger charge is -2.40. The number of benzene rings is 2. The number of hydrogen-bond donors (Lipinski definition) is 0. The molecule has 0 bridgehead atoms. The van der Waals surface area contributed by atoms with Crippen LogP contribution in [-0.2, 0) is 29.5 Å². The summed E-state index contributed by atoms with van der Waals surface area (Å²) in [6.07, 6.45) is 13.4. The van der Waals surface area contributed by atoms with Crippen LogP contribution in [0.15, 0.2) is 48.9 Å². The largest absolute Gasteiger partial charge is 0.465 e. The van der Waals surface area contributed by atoms with E-state index in [-0.39, 0.29) is 35.0 Å². The molecule has 2 aliphatic heterocycles.